The summed E-state index contributed by atoms with van der Waals surface area (Å²) >= 11 is 0. The molecular formula is C18H22N2O2. The van der Waals surface area contributed by atoms with Crippen molar-refractivity contribution in [3.63, 3.8) is 0 Å². The van der Waals surface area contributed by atoms with Gasteiger partial charge in [0.05, 0.1) is 0 Å². The SMILES string of the molecule is CC(C)C(C)NC(=O)c1ccc(OCc2cccnc2)cc1. The predicted molar refractivity (Wildman–Crippen MR) is 86.8 cm³/mol. The summed E-state index contributed by atoms with van der Waals surface area (Å²) in [5, 5.41) is 2.98. The third kappa shape index (κ3) is 4.58. The molecule has 0 radical (unpaired) electrons. The van der Waals surface area contributed by atoms with E-state index in [0.29, 0.717) is 18.1 Å². The Morgan fingerprint density at radius 1 is 1.18 bits per heavy atom. The molecule has 4 heteroatoms. The second kappa shape index (κ2) is 7.59. The molecule has 0 bridgehead atoms. The summed E-state index contributed by atoms with van der Waals surface area (Å²) in [5.41, 5.74) is 1.65. The molecule has 0 fully saturated rings. The molecule has 0 aliphatic heterocycles. The van der Waals surface area contributed by atoms with Gasteiger partial charge in [-0.25, -0.2) is 0 Å². The smallest absolute Gasteiger partial charge is 0.251 e. The Balaban J connectivity index is 1.91. The zero-order valence-electron chi connectivity index (χ0n) is 13.2. The fraction of sp³-hybridized carbons (Fsp3) is 0.333. The average molecular weight is 298 g/mol. The van der Waals surface area contributed by atoms with Crippen LogP contribution in [0, 0.1) is 5.92 Å². The number of pyridine rings is 1. The molecule has 0 saturated heterocycles. The van der Waals surface area contributed by atoms with Crippen molar-refractivity contribution in [3.05, 3.63) is 59.9 Å². The standard InChI is InChI=1S/C18H22N2O2/c1-13(2)14(3)20-18(21)16-6-8-17(9-7-16)22-12-15-5-4-10-19-11-15/h4-11,13-14H,12H2,1-3H3,(H,20,21). The third-order valence-corrected chi connectivity index (χ3v) is 3.60. The Morgan fingerprint density at radius 3 is 2.50 bits per heavy atom. The van der Waals surface area contributed by atoms with Crippen LogP contribution in [0.5, 0.6) is 5.75 Å². The van der Waals surface area contributed by atoms with E-state index in [-0.39, 0.29) is 11.9 Å². The van der Waals surface area contributed by atoms with Gasteiger partial charge in [0.25, 0.3) is 5.91 Å². The number of rotatable bonds is 6. The lowest BCUT2D eigenvalue weighted by atomic mass is 10.1. The van der Waals surface area contributed by atoms with Crippen LogP contribution < -0.4 is 10.1 Å². The van der Waals surface area contributed by atoms with Crippen LogP contribution >= 0.6 is 0 Å². The topological polar surface area (TPSA) is 51.2 Å². The van der Waals surface area contributed by atoms with Crippen LogP contribution in [-0.2, 0) is 6.61 Å². The van der Waals surface area contributed by atoms with Gasteiger partial charge in [0.1, 0.15) is 12.4 Å². The maximum atomic E-state index is 12.1. The van der Waals surface area contributed by atoms with Crippen LogP contribution in [0.4, 0.5) is 0 Å². The summed E-state index contributed by atoms with van der Waals surface area (Å²) in [6.07, 6.45) is 3.50. The lowest BCUT2D eigenvalue weighted by Crippen LogP contribution is -2.36. The zero-order valence-corrected chi connectivity index (χ0v) is 13.2. The molecule has 1 amide bonds. The van der Waals surface area contributed by atoms with Crippen LogP contribution in [-0.4, -0.2) is 16.9 Å². The first-order valence-corrected chi connectivity index (χ1v) is 7.49. The molecule has 1 aromatic heterocycles. The molecule has 116 valence electrons. The zero-order chi connectivity index (χ0) is 15.9. The van der Waals surface area contributed by atoms with E-state index in [4.69, 9.17) is 4.74 Å². The molecule has 1 aromatic carbocycles. The number of ether oxygens (including phenoxy) is 1. The minimum atomic E-state index is -0.0555. The largest absolute Gasteiger partial charge is 0.489 e. The van der Waals surface area contributed by atoms with Crippen molar-refractivity contribution in [1.29, 1.82) is 0 Å². The summed E-state index contributed by atoms with van der Waals surface area (Å²) in [5.74, 6) is 1.09. The van der Waals surface area contributed by atoms with E-state index in [1.165, 1.54) is 0 Å². The summed E-state index contributed by atoms with van der Waals surface area (Å²) in [6.45, 7) is 6.64. The quantitative estimate of drug-likeness (QED) is 0.889. The van der Waals surface area contributed by atoms with Crippen LogP contribution in [0.2, 0.25) is 0 Å². The number of carbonyl (C=O) groups excluding carboxylic acids is 1. The Morgan fingerprint density at radius 2 is 1.91 bits per heavy atom. The Kier molecular flexibility index (Phi) is 5.53. The van der Waals surface area contributed by atoms with Crippen LogP contribution in [0.1, 0.15) is 36.7 Å². The van der Waals surface area contributed by atoms with E-state index in [9.17, 15) is 4.79 Å². The molecule has 0 saturated carbocycles. The van der Waals surface area contributed by atoms with Crippen molar-refractivity contribution in [2.75, 3.05) is 0 Å². The van der Waals surface area contributed by atoms with Crippen molar-refractivity contribution in [2.24, 2.45) is 5.92 Å². The van der Waals surface area contributed by atoms with E-state index in [0.717, 1.165) is 11.3 Å². The number of nitrogens with one attached hydrogen (secondary N) is 1. The van der Waals surface area contributed by atoms with Gasteiger partial charge >= 0.3 is 0 Å². The molecule has 1 heterocycles. The van der Waals surface area contributed by atoms with Crippen LogP contribution in [0.15, 0.2) is 48.8 Å². The maximum absolute atomic E-state index is 12.1. The van der Waals surface area contributed by atoms with Gasteiger partial charge < -0.3 is 10.1 Å². The van der Waals surface area contributed by atoms with Crippen LogP contribution in [0.3, 0.4) is 0 Å². The predicted octanol–water partition coefficient (Wildman–Crippen LogP) is 3.43. The molecule has 1 unspecified atom stereocenters. The Labute approximate surface area is 131 Å². The Bertz CT molecular complexity index is 594. The van der Waals surface area contributed by atoms with Gasteiger partial charge in [-0.05, 0) is 43.2 Å². The molecule has 2 rings (SSSR count). The highest BCUT2D eigenvalue weighted by Crippen LogP contribution is 2.14. The van der Waals surface area contributed by atoms with Gasteiger partial charge in [0.2, 0.25) is 0 Å². The molecule has 0 spiro atoms. The van der Waals surface area contributed by atoms with Crippen molar-refractivity contribution >= 4 is 5.91 Å². The number of aromatic nitrogens is 1. The number of carbonyl (C=O) groups is 1. The third-order valence-electron chi connectivity index (χ3n) is 3.60. The van der Waals surface area contributed by atoms with E-state index >= 15 is 0 Å². The summed E-state index contributed by atoms with van der Waals surface area (Å²) in [7, 11) is 0. The highest BCUT2D eigenvalue weighted by atomic mass is 16.5. The highest BCUT2D eigenvalue weighted by Gasteiger charge is 2.12. The summed E-state index contributed by atoms with van der Waals surface area (Å²) in [6, 6.07) is 11.2. The number of hydrogen-bond acceptors (Lipinski definition) is 3. The highest BCUT2D eigenvalue weighted by molar-refractivity contribution is 5.94. The minimum Gasteiger partial charge on any atom is -0.489 e. The lowest BCUT2D eigenvalue weighted by Gasteiger charge is -2.17. The van der Waals surface area contributed by atoms with Gasteiger partial charge in [-0.2, -0.15) is 0 Å². The van der Waals surface area contributed by atoms with Gasteiger partial charge in [-0.1, -0.05) is 19.9 Å². The van der Waals surface area contributed by atoms with E-state index in [2.05, 4.69) is 24.1 Å². The number of amides is 1. The number of benzene rings is 1. The molecule has 1 atom stereocenters. The molecule has 0 aliphatic rings. The number of hydrogen-bond donors (Lipinski definition) is 1. The normalized spacial score (nSPS) is 12.0. The first kappa shape index (κ1) is 16.0. The van der Waals surface area contributed by atoms with E-state index in [1.54, 1.807) is 24.5 Å². The lowest BCUT2D eigenvalue weighted by molar-refractivity contribution is 0.0930. The first-order valence-electron chi connectivity index (χ1n) is 7.49. The monoisotopic (exact) mass is 298 g/mol. The van der Waals surface area contributed by atoms with Crippen molar-refractivity contribution in [2.45, 2.75) is 33.4 Å². The molecule has 1 N–H and O–H groups in total. The molecule has 0 aliphatic carbocycles. The second-order valence-corrected chi connectivity index (χ2v) is 5.68. The molecule has 2 aromatic rings. The van der Waals surface area contributed by atoms with Crippen molar-refractivity contribution in [1.82, 2.24) is 10.3 Å². The van der Waals surface area contributed by atoms with Gasteiger partial charge in [0.15, 0.2) is 0 Å². The van der Waals surface area contributed by atoms with E-state index in [1.807, 2.05) is 31.2 Å². The summed E-state index contributed by atoms with van der Waals surface area (Å²) in [4.78, 5) is 16.1. The minimum absolute atomic E-state index is 0.0555. The number of nitrogens with zero attached hydrogens (tertiary/aromatic N) is 1. The maximum Gasteiger partial charge on any atom is 0.251 e. The fourth-order valence-electron chi connectivity index (χ4n) is 1.81. The van der Waals surface area contributed by atoms with E-state index < -0.39 is 0 Å². The Hall–Kier alpha value is -2.36. The second-order valence-electron chi connectivity index (χ2n) is 5.68. The van der Waals surface area contributed by atoms with Gasteiger partial charge in [-0.15, -0.1) is 0 Å². The molecular weight excluding hydrogens is 276 g/mol. The average Bonchev–Trinajstić information content (AvgIpc) is 2.54. The fourth-order valence-corrected chi connectivity index (χ4v) is 1.81. The summed E-state index contributed by atoms with van der Waals surface area (Å²) < 4.78 is 5.67. The van der Waals surface area contributed by atoms with Crippen molar-refractivity contribution < 1.29 is 9.53 Å². The van der Waals surface area contributed by atoms with Gasteiger partial charge in [-0.3, -0.25) is 9.78 Å². The van der Waals surface area contributed by atoms with Crippen molar-refractivity contribution in [3.8, 4) is 5.75 Å². The van der Waals surface area contributed by atoms with Gasteiger partial charge in [0, 0.05) is 29.6 Å². The molecule has 4 nitrogen and oxygen atoms in total. The first-order chi connectivity index (χ1) is 10.6. The molecule has 22 heavy (non-hydrogen) atoms. The van der Waals surface area contributed by atoms with Crippen LogP contribution in [0.25, 0.3) is 0 Å².